The van der Waals surface area contributed by atoms with Gasteiger partial charge in [-0.3, -0.25) is 14.2 Å². The molecule has 0 aromatic carbocycles. The van der Waals surface area contributed by atoms with Crippen LogP contribution < -0.4 is 11.1 Å². The topological polar surface area (TPSA) is 54.9 Å². The van der Waals surface area contributed by atoms with Crippen LogP contribution in [0.15, 0.2) is 27.8 Å². The van der Waals surface area contributed by atoms with Gasteiger partial charge in [-0.05, 0) is 18.6 Å². The van der Waals surface area contributed by atoms with Crippen molar-refractivity contribution in [2.45, 2.75) is 6.92 Å². The Labute approximate surface area is 79.8 Å². The summed E-state index contributed by atoms with van der Waals surface area (Å²) in [6.45, 7) is 1.85. The summed E-state index contributed by atoms with van der Waals surface area (Å²) in [5, 5.41) is 0.895. The van der Waals surface area contributed by atoms with Crippen molar-refractivity contribution in [2.75, 3.05) is 0 Å². The van der Waals surface area contributed by atoms with Crippen LogP contribution in [0.1, 0.15) is 5.56 Å². The first-order valence-corrected chi connectivity index (χ1v) is 4.29. The number of aromatic amines is 1. The number of hydrogen-bond donors (Lipinski definition) is 1. The van der Waals surface area contributed by atoms with Gasteiger partial charge in [0.15, 0.2) is 0 Å². The van der Waals surface area contributed by atoms with Crippen molar-refractivity contribution in [3.63, 3.8) is 0 Å². The molecule has 0 saturated carbocycles. The SMILES string of the molecule is Cc1cc(=O)n(C)c2[nH]c(=O)ccc12. The van der Waals surface area contributed by atoms with Crippen molar-refractivity contribution < 1.29 is 0 Å². The molecule has 0 radical (unpaired) electrons. The summed E-state index contributed by atoms with van der Waals surface area (Å²) < 4.78 is 1.43. The Balaban J connectivity index is 3.10. The third-order valence-electron chi connectivity index (χ3n) is 2.33. The molecule has 2 rings (SSSR count). The van der Waals surface area contributed by atoms with Gasteiger partial charge in [-0.1, -0.05) is 0 Å². The lowest BCUT2D eigenvalue weighted by molar-refractivity contribution is 0.881. The van der Waals surface area contributed by atoms with Crippen LogP contribution in [-0.4, -0.2) is 9.55 Å². The molecular formula is C10H10N2O2. The number of rotatable bonds is 0. The van der Waals surface area contributed by atoms with Crippen LogP contribution in [0.25, 0.3) is 11.0 Å². The Hall–Kier alpha value is -1.84. The molecule has 4 heteroatoms. The zero-order chi connectivity index (χ0) is 10.3. The lowest BCUT2D eigenvalue weighted by Crippen LogP contribution is -2.19. The molecule has 1 N–H and O–H groups in total. The molecule has 72 valence electrons. The van der Waals surface area contributed by atoms with Crippen molar-refractivity contribution in [3.05, 3.63) is 44.5 Å². The van der Waals surface area contributed by atoms with Crippen LogP contribution >= 0.6 is 0 Å². The highest BCUT2D eigenvalue weighted by molar-refractivity contribution is 5.78. The summed E-state index contributed by atoms with van der Waals surface area (Å²) in [6.07, 6.45) is 0. The highest BCUT2D eigenvalue weighted by Crippen LogP contribution is 2.10. The Morgan fingerprint density at radius 1 is 1.29 bits per heavy atom. The molecule has 2 aromatic rings. The fourth-order valence-electron chi connectivity index (χ4n) is 1.52. The van der Waals surface area contributed by atoms with Gasteiger partial charge in [-0.2, -0.15) is 0 Å². The van der Waals surface area contributed by atoms with E-state index in [1.165, 1.54) is 10.6 Å². The van der Waals surface area contributed by atoms with Crippen LogP contribution in [0.3, 0.4) is 0 Å². The summed E-state index contributed by atoms with van der Waals surface area (Å²) in [6, 6.07) is 4.74. The maximum absolute atomic E-state index is 11.4. The van der Waals surface area contributed by atoms with E-state index in [1.54, 1.807) is 19.2 Å². The minimum absolute atomic E-state index is 0.114. The third-order valence-corrected chi connectivity index (χ3v) is 2.33. The van der Waals surface area contributed by atoms with Gasteiger partial charge in [0.05, 0.1) is 0 Å². The summed E-state index contributed by atoms with van der Waals surface area (Å²) in [5.74, 6) is 0. The molecule has 0 saturated heterocycles. The monoisotopic (exact) mass is 190 g/mol. The van der Waals surface area contributed by atoms with E-state index in [0.717, 1.165) is 10.9 Å². The van der Waals surface area contributed by atoms with Crippen LogP contribution in [-0.2, 0) is 7.05 Å². The Kier molecular flexibility index (Phi) is 1.77. The molecule has 0 spiro atoms. The Morgan fingerprint density at radius 2 is 2.00 bits per heavy atom. The van der Waals surface area contributed by atoms with Gasteiger partial charge in [0.25, 0.3) is 5.56 Å². The third kappa shape index (κ3) is 1.16. The number of aryl methyl sites for hydroxylation is 2. The number of pyridine rings is 2. The lowest BCUT2D eigenvalue weighted by atomic mass is 10.2. The number of H-pyrrole nitrogens is 1. The molecule has 0 amide bonds. The first-order valence-electron chi connectivity index (χ1n) is 4.29. The quantitative estimate of drug-likeness (QED) is 0.659. The molecular weight excluding hydrogens is 180 g/mol. The number of nitrogens with zero attached hydrogens (tertiary/aromatic N) is 1. The second-order valence-electron chi connectivity index (χ2n) is 3.31. The second kappa shape index (κ2) is 2.83. The van der Waals surface area contributed by atoms with E-state index in [-0.39, 0.29) is 11.1 Å². The first-order chi connectivity index (χ1) is 6.59. The smallest absolute Gasteiger partial charge is 0.252 e. The zero-order valence-corrected chi connectivity index (χ0v) is 8.00. The normalized spacial score (nSPS) is 10.7. The minimum atomic E-state index is -0.196. The van der Waals surface area contributed by atoms with Crippen molar-refractivity contribution in [3.8, 4) is 0 Å². The largest absolute Gasteiger partial charge is 0.308 e. The standard InChI is InChI=1S/C10H10N2O2/c1-6-5-9(14)12(2)10-7(6)3-4-8(13)11-10/h3-5H,1-2H3,(H,11,13). The second-order valence-corrected chi connectivity index (χ2v) is 3.31. The van der Waals surface area contributed by atoms with Gasteiger partial charge in [-0.15, -0.1) is 0 Å². The fourth-order valence-corrected chi connectivity index (χ4v) is 1.52. The van der Waals surface area contributed by atoms with Gasteiger partial charge in [0, 0.05) is 24.6 Å². The zero-order valence-electron chi connectivity index (χ0n) is 8.00. The summed E-state index contributed by atoms with van der Waals surface area (Å²) in [4.78, 5) is 25.1. The molecule has 0 aliphatic rings. The molecule has 0 aliphatic carbocycles. The molecule has 4 nitrogen and oxygen atoms in total. The average Bonchev–Trinajstić information content (AvgIpc) is 2.14. The molecule has 2 heterocycles. The minimum Gasteiger partial charge on any atom is -0.308 e. The average molecular weight is 190 g/mol. The van der Waals surface area contributed by atoms with Crippen LogP contribution in [0, 0.1) is 6.92 Å². The van der Waals surface area contributed by atoms with E-state index < -0.39 is 0 Å². The van der Waals surface area contributed by atoms with Gasteiger partial charge in [-0.25, -0.2) is 0 Å². The number of aromatic nitrogens is 2. The first kappa shape index (κ1) is 8.74. The van der Waals surface area contributed by atoms with Crippen molar-refractivity contribution in [1.29, 1.82) is 0 Å². The highest BCUT2D eigenvalue weighted by atomic mass is 16.1. The number of nitrogens with one attached hydrogen (secondary N) is 1. The van der Waals surface area contributed by atoms with Gasteiger partial charge in [0.2, 0.25) is 5.56 Å². The van der Waals surface area contributed by atoms with Crippen molar-refractivity contribution in [1.82, 2.24) is 9.55 Å². The number of hydrogen-bond acceptors (Lipinski definition) is 2. The van der Waals surface area contributed by atoms with E-state index in [9.17, 15) is 9.59 Å². The Morgan fingerprint density at radius 3 is 2.71 bits per heavy atom. The molecule has 0 fully saturated rings. The van der Waals surface area contributed by atoms with E-state index >= 15 is 0 Å². The predicted molar refractivity (Wildman–Crippen MR) is 54.5 cm³/mol. The lowest BCUT2D eigenvalue weighted by Gasteiger charge is -2.05. The summed E-state index contributed by atoms with van der Waals surface area (Å²) in [7, 11) is 1.64. The Bertz CT molecular complexity index is 608. The number of fused-ring (bicyclic) bond motifs is 1. The fraction of sp³-hybridized carbons (Fsp3) is 0.200. The van der Waals surface area contributed by atoms with Crippen LogP contribution in [0.5, 0.6) is 0 Å². The van der Waals surface area contributed by atoms with Crippen molar-refractivity contribution >= 4 is 11.0 Å². The molecule has 14 heavy (non-hydrogen) atoms. The van der Waals surface area contributed by atoms with E-state index in [1.807, 2.05) is 6.92 Å². The van der Waals surface area contributed by atoms with Crippen LogP contribution in [0.2, 0.25) is 0 Å². The van der Waals surface area contributed by atoms with Gasteiger partial charge >= 0.3 is 0 Å². The molecule has 0 bridgehead atoms. The van der Waals surface area contributed by atoms with Crippen molar-refractivity contribution in [2.24, 2.45) is 7.05 Å². The van der Waals surface area contributed by atoms with E-state index in [0.29, 0.717) is 5.65 Å². The van der Waals surface area contributed by atoms with E-state index in [2.05, 4.69) is 4.98 Å². The van der Waals surface area contributed by atoms with Gasteiger partial charge in [0.1, 0.15) is 5.65 Å². The molecule has 0 aliphatic heterocycles. The predicted octanol–water partition coefficient (Wildman–Crippen LogP) is 0.535. The molecule has 0 atom stereocenters. The molecule has 2 aromatic heterocycles. The summed E-state index contributed by atoms with van der Waals surface area (Å²) in [5.41, 5.74) is 1.14. The summed E-state index contributed by atoms with van der Waals surface area (Å²) >= 11 is 0. The maximum atomic E-state index is 11.4. The van der Waals surface area contributed by atoms with Gasteiger partial charge < -0.3 is 4.98 Å². The van der Waals surface area contributed by atoms with E-state index in [4.69, 9.17) is 0 Å². The maximum Gasteiger partial charge on any atom is 0.252 e. The highest BCUT2D eigenvalue weighted by Gasteiger charge is 2.03. The van der Waals surface area contributed by atoms with Crippen LogP contribution in [0.4, 0.5) is 0 Å². The molecule has 0 unspecified atom stereocenters.